The van der Waals surface area contributed by atoms with Crippen LogP contribution in [0.25, 0.3) is 5.69 Å². The molecule has 1 amide bonds. The molecule has 1 aliphatic heterocycles. The van der Waals surface area contributed by atoms with Gasteiger partial charge in [-0.2, -0.15) is 0 Å². The Morgan fingerprint density at radius 1 is 1.10 bits per heavy atom. The average molecular weight is 419 g/mol. The lowest BCUT2D eigenvalue weighted by Crippen LogP contribution is -2.41. The summed E-state index contributed by atoms with van der Waals surface area (Å²) < 4.78 is 7.50. The topological polar surface area (TPSA) is 59.4 Å². The Morgan fingerprint density at radius 2 is 1.84 bits per heavy atom. The first-order valence-electron chi connectivity index (χ1n) is 10.8. The SMILES string of the molecule is COc1cccc(CNC(=O)C2CCN(c3ncccc3-n3c(C)ccc3C)CC2)c1. The predicted molar refractivity (Wildman–Crippen MR) is 123 cm³/mol. The molecular formula is C25H30N4O2. The second kappa shape index (κ2) is 9.25. The molecule has 162 valence electrons. The van der Waals surface area contributed by atoms with Crippen LogP contribution in [-0.2, 0) is 11.3 Å². The van der Waals surface area contributed by atoms with Crippen molar-refractivity contribution in [2.75, 3.05) is 25.1 Å². The van der Waals surface area contributed by atoms with E-state index in [1.807, 2.05) is 36.5 Å². The molecule has 3 heterocycles. The molecule has 1 saturated heterocycles. The third kappa shape index (κ3) is 4.58. The van der Waals surface area contributed by atoms with Crippen molar-refractivity contribution in [2.24, 2.45) is 5.92 Å². The molecule has 2 aromatic heterocycles. The van der Waals surface area contributed by atoms with E-state index >= 15 is 0 Å². The Morgan fingerprint density at radius 3 is 2.55 bits per heavy atom. The summed E-state index contributed by atoms with van der Waals surface area (Å²) in [6.45, 7) is 6.39. The van der Waals surface area contributed by atoms with E-state index in [1.54, 1.807) is 7.11 Å². The van der Waals surface area contributed by atoms with Gasteiger partial charge in [-0.05, 0) is 68.7 Å². The van der Waals surface area contributed by atoms with Crippen LogP contribution in [0.15, 0.2) is 54.7 Å². The van der Waals surface area contributed by atoms with Gasteiger partial charge in [0.25, 0.3) is 0 Å². The van der Waals surface area contributed by atoms with Crippen molar-refractivity contribution in [1.82, 2.24) is 14.9 Å². The number of anilines is 1. The number of ether oxygens (including phenoxy) is 1. The molecule has 0 saturated carbocycles. The number of aryl methyl sites for hydroxylation is 2. The van der Waals surface area contributed by atoms with E-state index in [2.05, 4.69) is 46.8 Å². The highest BCUT2D eigenvalue weighted by Gasteiger charge is 2.27. The summed E-state index contributed by atoms with van der Waals surface area (Å²) in [4.78, 5) is 19.7. The maximum Gasteiger partial charge on any atom is 0.223 e. The number of carbonyl (C=O) groups excluding carboxylic acids is 1. The summed E-state index contributed by atoms with van der Waals surface area (Å²) in [5.41, 5.74) is 4.53. The molecule has 0 radical (unpaired) electrons. The first-order chi connectivity index (χ1) is 15.1. The summed E-state index contributed by atoms with van der Waals surface area (Å²) in [7, 11) is 1.65. The van der Waals surface area contributed by atoms with Gasteiger partial charge < -0.3 is 19.5 Å². The van der Waals surface area contributed by atoms with Gasteiger partial charge in [-0.3, -0.25) is 4.79 Å². The van der Waals surface area contributed by atoms with E-state index in [1.165, 1.54) is 11.4 Å². The maximum absolute atomic E-state index is 12.7. The van der Waals surface area contributed by atoms with E-state index in [0.29, 0.717) is 6.54 Å². The Balaban J connectivity index is 1.39. The van der Waals surface area contributed by atoms with E-state index in [-0.39, 0.29) is 11.8 Å². The van der Waals surface area contributed by atoms with Gasteiger partial charge in [-0.15, -0.1) is 0 Å². The minimum absolute atomic E-state index is 0.0315. The van der Waals surface area contributed by atoms with Gasteiger partial charge in [0, 0.05) is 43.1 Å². The molecular weight excluding hydrogens is 388 g/mol. The van der Waals surface area contributed by atoms with Crippen molar-refractivity contribution in [3.8, 4) is 11.4 Å². The van der Waals surface area contributed by atoms with E-state index in [0.717, 1.165) is 48.7 Å². The number of nitrogens with zero attached hydrogens (tertiary/aromatic N) is 3. The van der Waals surface area contributed by atoms with Gasteiger partial charge in [0.05, 0.1) is 12.8 Å². The lowest BCUT2D eigenvalue weighted by molar-refractivity contribution is -0.125. The Kier molecular flexibility index (Phi) is 6.26. The average Bonchev–Trinajstić information content (AvgIpc) is 3.15. The largest absolute Gasteiger partial charge is 0.497 e. The van der Waals surface area contributed by atoms with E-state index in [9.17, 15) is 4.79 Å². The zero-order chi connectivity index (χ0) is 21.8. The van der Waals surface area contributed by atoms with Gasteiger partial charge in [-0.25, -0.2) is 4.98 Å². The first-order valence-corrected chi connectivity index (χ1v) is 10.8. The highest BCUT2D eigenvalue weighted by atomic mass is 16.5. The molecule has 1 N–H and O–H groups in total. The van der Waals surface area contributed by atoms with Crippen molar-refractivity contribution in [1.29, 1.82) is 0 Å². The van der Waals surface area contributed by atoms with Crippen LogP contribution in [0.2, 0.25) is 0 Å². The lowest BCUT2D eigenvalue weighted by atomic mass is 9.95. The molecule has 1 aromatic carbocycles. The van der Waals surface area contributed by atoms with Crippen molar-refractivity contribution in [3.63, 3.8) is 0 Å². The van der Waals surface area contributed by atoms with Crippen LogP contribution in [0.4, 0.5) is 5.82 Å². The lowest BCUT2D eigenvalue weighted by Gasteiger charge is -2.33. The van der Waals surface area contributed by atoms with Crippen molar-refractivity contribution >= 4 is 11.7 Å². The molecule has 6 nitrogen and oxygen atoms in total. The van der Waals surface area contributed by atoms with Crippen molar-refractivity contribution in [2.45, 2.75) is 33.2 Å². The third-order valence-corrected chi connectivity index (χ3v) is 6.04. The second-order valence-corrected chi connectivity index (χ2v) is 8.13. The molecule has 0 spiro atoms. The molecule has 4 rings (SSSR count). The van der Waals surface area contributed by atoms with Crippen LogP contribution in [-0.4, -0.2) is 35.7 Å². The maximum atomic E-state index is 12.7. The van der Waals surface area contributed by atoms with Crippen LogP contribution in [0.3, 0.4) is 0 Å². The number of rotatable bonds is 6. The summed E-state index contributed by atoms with van der Waals surface area (Å²) in [6, 6.07) is 16.2. The summed E-state index contributed by atoms with van der Waals surface area (Å²) >= 11 is 0. The highest BCUT2D eigenvalue weighted by Crippen LogP contribution is 2.29. The molecule has 1 fully saturated rings. The van der Waals surface area contributed by atoms with Crippen LogP contribution < -0.4 is 15.0 Å². The highest BCUT2D eigenvalue weighted by molar-refractivity contribution is 5.79. The number of piperidine rings is 1. The monoisotopic (exact) mass is 418 g/mol. The van der Waals surface area contributed by atoms with Gasteiger partial charge in [0.15, 0.2) is 5.82 Å². The van der Waals surface area contributed by atoms with Crippen LogP contribution in [0.5, 0.6) is 5.75 Å². The van der Waals surface area contributed by atoms with Crippen molar-refractivity contribution in [3.05, 3.63) is 71.7 Å². The van der Waals surface area contributed by atoms with E-state index in [4.69, 9.17) is 9.72 Å². The number of benzene rings is 1. The van der Waals surface area contributed by atoms with Crippen LogP contribution >= 0.6 is 0 Å². The molecule has 3 aromatic rings. The predicted octanol–water partition coefficient (Wildman–Crippen LogP) is 4.03. The van der Waals surface area contributed by atoms with E-state index < -0.39 is 0 Å². The first kappa shape index (κ1) is 21.0. The zero-order valence-electron chi connectivity index (χ0n) is 18.5. The fraction of sp³-hybridized carbons (Fsp3) is 0.360. The number of aromatic nitrogens is 2. The number of amides is 1. The normalized spacial score (nSPS) is 14.5. The van der Waals surface area contributed by atoms with Gasteiger partial charge in [-0.1, -0.05) is 12.1 Å². The fourth-order valence-electron chi connectivity index (χ4n) is 4.32. The van der Waals surface area contributed by atoms with Crippen molar-refractivity contribution < 1.29 is 9.53 Å². The van der Waals surface area contributed by atoms with Gasteiger partial charge in [0.1, 0.15) is 5.75 Å². The molecule has 6 heteroatoms. The number of nitrogens with one attached hydrogen (secondary N) is 1. The number of hydrogen-bond donors (Lipinski definition) is 1. The third-order valence-electron chi connectivity index (χ3n) is 6.04. The summed E-state index contributed by atoms with van der Waals surface area (Å²) in [6.07, 6.45) is 3.49. The molecule has 31 heavy (non-hydrogen) atoms. The number of pyridine rings is 1. The van der Waals surface area contributed by atoms with Gasteiger partial charge >= 0.3 is 0 Å². The Hall–Kier alpha value is -3.28. The number of carbonyl (C=O) groups is 1. The summed E-state index contributed by atoms with van der Waals surface area (Å²) in [5.74, 6) is 1.95. The minimum atomic E-state index is 0.0315. The van der Waals surface area contributed by atoms with Gasteiger partial charge in [0.2, 0.25) is 5.91 Å². The Labute approximate surface area is 183 Å². The standard InChI is InChI=1S/C25H30N4O2/c1-18-9-10-19(2)29(18)23-8-5-13-26-24(23)28-14-11-21(12-15-28)25(30)27-17-20-6-4-7-22(16-20)31-3/h4-10,13,16,21H,11-12,14-15,17H2,1-3H3,(H,27,30). The number of hydrogen-bond acceptors (Lipinski definition) is 4. The fourth-order valence-corrected chi connectivity index (χ4v) is 4.32. The zero-order valence-corrected chi connectivity index (χ0v) is 18.5. The minimum Gasteiger partial charge on any atom is -0.497 e. The van der Waals surface area contributed by atoms with Crippen LogP contribution in [0, 0.1) is 19.8 Å². The molecule has 0 aliphatic carbocycles. The molecule has 0 bridgehead atoms. The van der Waals surface area contributed by atoms with Crippen LogP contribution in [0.1, 0.15) is 29.8 Å². The number of methoxy groups -OCH3 is 1. The molecule has 0 atom stereocenters. The quantitative estimate of drug-likeness (QED) is 0.657. The molecule has 1 aliphatic rings. The molecule has 0 unspecified atom stereocenters. The Bertz CT molecular complexity index is 1030. The smallest absolute Gasteiger partial charge is 0.223 e. The summed E-state index contributed by atoms with van der Waals surface area (Å²) in [5, 5.41) is 3.09. The second-order valence-electron chi connectivity index (χ2n) is 8.13.